The monoisotopic (exact) mass is 321 g/mol. The normalized spacial score (nSPS) is 19.3. The Labute approximate surface area is 119 Å². The number of anilines is 1. The summed E-state index contributed by atoms with van der Waals surface area (Å²) in [4.78, 5) is 16.9. The molecule has 2 fully saturated rings. The molecule has 0 aliphatic heterocycles. The number of aromatic amines is 2. The highest BCUT2D eigenvalue weighted by atomic mass is 79.9. The molecule has 0 saturated heterocycles. The fraction of sp³-hybridized carbons (Fsp3) is 0.500. The second-order valence-corrected chi connectivity index (χ2v) is 6.66. The van der Waals surface area contributed by atoms with E-state index in [4.69, 9.17) is 0 Å². The van der Waals surface area contributed by atoms with Crippen LogP contribution in [0.2, 0.25) is 0 Å². The van der Waals surface area contributed by atoms with E-state index >= 15 is 0 Å². The summed E-state index contributed by atoms with van der Waals surface area (Å²) >= 11 is 3.60. The topological polar surface area (TPSA) is 60.7 Å². The van der Waals surface area contributed by atoms with Gasteiger partial charge < -0.3 is 15.3 Å². The van der Waals surface area contributed by atoms with E-state index in [-0.39, 0.29) is 5.69 Å². The van der Waals surface area contributed by atoms with Crippen LogP contribution in [-0.4, -0.2) is 16.0 Å². The molecule has 0 unspecified atom stereocenters. The summed E-state index contributed by atoms with van der Waals surface area (Å²) in [7, 11) is 0. The van der Waals surface area contributed by atoms with E-state index in [9.17, 15) is 4.79 Å². The van der Waals surface area contributed by atoms with Gasteiger partial charge >= 0.3 is 5.69 Å². The average Bonchev–Trinajstić information content (AvgIpc) is 3.24. The lowest BCUT2D eigenvalue weighted by Crippen LogP contribution is -2.24. The first-order valence-electron chi connectivity index (χ1n) is 6.89. The first kappa shape index (κ1) is 11.6. The summed E-state index contributed by atoms with van der Waals surface area (Å²) in [6.45, 7) is 0. The maximum absolute atomic E-state index is 11.3. The summed E-state index contributed by atoms with van der Waals surface area (Å²) in [6, 6.07) is 4.60. The predicted octanol–water partition coefficient (Wildman–Crippen LogP) is 3.22. The van der Waals surface area contributed by atoms with Gasteiger partial charge in [-0.25, -0.2) is 4.79 Å². The molecule has 2 aliphatic rings. The van der Waals surface area contributed by atoms with Gasteiger partial charge in [0, 0.05) is 10.5 Å². The predicted molar refractivity (Wildman–Crippen MR) is 79.5 cm³/mol. The van der Waals surface area contributed by atoms with Gasteiger partial charge in [0.05, 0.1) is 16.7 Å². The number of imidazole rings is 1. The molecule has 100 valence electrons. The number of fused-ring (bicyclic) bond motifs is 1. The molecule has 4 nitrogen and oxygen atoms in total. The van der Waals surface area contributed by atoms with Crippen LogP contribution in [0.4, 0.5) is 5.69 Å². The molecule has 5 heteroatoms. The standard InChI is InChI=1S/C14H16BrN3O/c15-9-5-11-12(18-14(19)17-11)6-10(9)16-13(7-1-2-7)8-3-4-8/h5-8,13,16H,1-4H2,(H2,17,18,19). The Balaban J connectivity index is 1.68. The van der Waals surface area contributed by atoms with Crippen molar-refractivity contribution < 1.29 is 0 Å². The molecule has 3 N–H and O–H groups in total. The van der Waals surface area contributed by atoms with Crippen LogP contribution in [0.3, 0.4) is 0 Å². The van der Waals surface area contributed by atoms with Crippen LogP contribution in [0.1, 0.15) is 25.7 Å². The number of hydrogen-bond donors (Lipinski definition) is 3. The summed E-state index contributed by atoms with van der Waals surface area (Å²) in [5, 5.41) is 3.69. The molecule has 0 amide bonds. The van der Waals surface area contributed by atoms with Gasteiger partial charge in [0.1, 0.15) is 0 Å². The van der Waals surface area contributed by atoms with Crippen LogP contribution >= 0.6 is 15.9 Å². The minimum atomic E-state index is -0.153. The van der Waals surface area contributed by atoms with E-state index in [1.807, 2.05) is 12.1 Å². The highest BCUT2D eigenvalue weighted by Gasteiger charge is 2.41. The third-order valence-electron chi connectivity index (χ3n) is 4.19. The zero-order valence-electron chi connectivity index (χ0n) is 10.5. The Morgan fingerprint density at radius 1 is 1.11 bits per heavy atom. The lowest BCUT2D eigenvalue weighted by molar-refractivity contribution is 0.567. The number of nitrogens with one attached hydrogen (secondary N) is 3. The zero-order chi connectivity index (χ0) is 13.0. The second kappa shape index (κ2) is 4.13. The van der Waals surface area contributed by atoms with Gasteiger partial charge in [-0.15, -0.1) is 0 Å². The minimum absolute atomic E-state index is 0.153. The molecular formula is C14H16BrN3O. The van der Waals surface area contributed by atoms with Crippen molar-refractivity contribution in [3.05, 3.63) is 27.1 Å². The molecule has 0 atom stereocenters. The summed E-state index contributed by atoms with van der Waals surface area (Å²) in [5.41, 5.74) is 2.64. The smallest absolute Gasteiger partial charge is 0.323 e. The third kappa shape index (κ3) is 2.20. The molecule has 19 heavy (non-hydrogen) atoms. The fourth-order valence-corrected chi connectivity index (χ4v) is 3.34. The van der Waals surface area contributed by atoms with Gasteiger partial charge in [-0.1, -0.05) is 0 Å². The van der Waals surface area contributed by atoms with E-state index in [0.29, 0.717) is 6.04 Å². The maximum atomic E-state index is 11.3. The Bertz CT molecular complexity index is 670. The molecule has 0 spiro atoms. The molecule has 2 aromatic rings. The Morgan fingerprint density at radius 3 is 2.26 bits per heavy atom. The molecule has 2 saturated carbocycles. The highest BCUT2D eigenvalue weighted by Crippen LogP contribution is 2.46. The zero-order valence-corrected chi connectivity index (χ0v) is 12.1. The molecule has 4 rings (SSSR count). The summed E-state index contributed by atoms with van der Waals surface area (Å²) in [5.74, 6) is 1.70. The van der Waals surface area contributed by atoms with Gasteiger partial charge in [0.25, 0.3) is 0 Å². The second-order valence-electron chi connectivity index (χ2n) is 5.80. The number of aromatic nitrogens is 2. The van der Waals surface area contributed by atoms with Crippen LogP contribution in [0.25, 0.3) is 11.0 Å². The number of halogens is 1. The van der Waals surface area contributed by atoms with Gasteiger partial charge in [-0.2, -0.15) is 0 Å². The SMILES string of the molecule is O=c1[nH]c2cc(Br)c(NC(C3CC3)C3CC3)cc2[nH]1. The first-order chi connectivity index (χ1) is 9.20. The van der Waals surface area contributed by atoms with Crippen LogP contribution in [0.5, 0.6) is 0 Å². The number of benzene rings is 1. The van der Waals surface area contributed by atoms with Crippen molar-refractivity contribution >= 4 is 32.7 Å². The molecule has 1 heterocycles. The van der Waals surface area contributed by atoms with Crippen molar-refractivity contribution in [3.8, 4) is 0 Å². The van der Waals surface area contributed by atoms with Crippen molar-refractivity contribution in [2.75, 3.05) is 5.32 Å². The summed E-state index contributed by atoms with van der Waals surface area (Å²) in [6.07, 6.45) is 5.42. The van der Waals surface area contributed by atoms with Crippen molar-refractivity contribution in [1.82, 2.24) is 9.97 Å². The lowest BCUT2D eigenvalue weighted by atomic mass is 10.1. The molecular weight excluding hydrogens is 306 g/mol. The average molecular weight is 322 g/mol. The van der Waals surface area contributed by atoms with E-state index in [0.717, 1.165) is 33.0 Å². The summed E-state index contributed by atoms with van der Waals surface area (Å²) < 4.78 is 1.02. The minimum Gasteiger partial charge on any atom is -0.381 e. The van der Waals surface area contributed by atoms with E-state index < -0.39 is 0 Å². The van der Waals surface area contributed by atoms with Gasteiger partial charge in [-0.3, -0.25) is 0 Å². The molecule has 2 aliphatic carbocycles. The molecule has 1 aromatic carbocycles. The lowest BCUT2D eigenvalue weighted by Gasteiger charge is -2.20. The number of hydrogen-bond acceptors (Lipinski definition) is 2. The maximum Gasteiger partial charge on any atom is 0.323 e. The van der Waals surface area contributed by atoms with Crippen molar-refractivity contribution in [2.45, 2.75) is 31.7 Å². The highest BCUT2D eigenvalue weighted by molar-refractivity contribution is 9.10. The van der Waals surface area contributed by atoms with E-state index in [2.05, 4.69) is 31.2 Å². The van der Waals surface area contributed by atoms with E-state index in [1.54, 1.807) is 0 Å². The fourth-order valence-electron chi connectivity index (χ4n) is 2.88. The van der Waals surface area contributed by atoms with Gasteiger partial charge in [-0.05, 0) is 65.6 Å². The van der Waals surface area contributed by atoms with Crippen molar-refractivity contribution in [1.29, 1.82) is 0 Å². The van der Waals surface area contributed by atoms with E-state index in [1.165, 1.54) is 25.7 Å². The van der Waals surface area contributed by atoms with Gasteiger partial charge in [0.15, 0.2) is 0 Å². The molecule has 0 bridgehead atoms. The molecule has 1 aromatic heterocycles. The van der Waals surface area contributed by atoms with Crippen LogP contribution < -0.4 is 11.0 Å². The quantitative estimate of drug-likeness (QED) is 0.809. The van der Waals surface area contributed by atoms with Crippen LogP contribution in [-0.2, 0) is 0 Å². The molecule has 0 radical (unpaired) electrons. The Hall–Kier alpha value is -1.23. The van der Waals surface area contributed by atoms with Crippen molar-refractivity contribution in [2.24, 2.45) is 11.8 Å². The number of H-pyrrole nitrogens is 2. The Kier molecular flexibility index (Phi) is 2.52. The van der Waals surface area contributed by atoms with Gasteiger partial charge in [0.2, 0.25) is 0 Å². The van der Waals surface area contributed by atoms with Crippen LogP contribution in [0.15, 0.2) is 21.4 Å². The van der Waals surface area contributed by atoms with Crippen LogP contribution in [0, 0.1) is 11.8 Å². The van der Waals surface area contributed by atoms with Crippen molar-refractivity contribution in [3.63, 3.8) is 0 Å². The largest absolute Gasteiger partial charge is 0.381 e. The Morgan fingerprint density at radius 2 is 1.68 bits per heavy atom. The third-order valence-corrected chi connectivity index (χ3v) is 4.84. The number of rotatable bonds is 4. The first-order valence-corrected chi connectivity index (χ1v) is 7.68.